The van der Waals surface area contributed by atoms with Crippen molar-refractivity contribution in [3.63, 3.8) is 0 Å². The largest absolute Gasteiger partial charge is 0.462 e. The molecule has 1 saturated heterocycles. The quantitative estimate of drug-likeness (QED) is 0.383. The highest BCUT2D eigenvalue weighted by Crippen LogP contribution is 2.27. The maximum absolute atomic E-state index is 6.06. The van der Waals surface area contributed by atoms with E-state index in [0.29, 0.717) is 18.4 Å². The van der Waals surface area contributed by atoms with Crippen LogP contribution in [0.3, 0.4) is 0 Å². The van der Waals surface area contributed by atoms with E-state index in [-0.39, 0.29) is 0 Å². The summed E-state index contributed by atoms with van der Waals surface area (Å²) in [6.07, 6.45) is 5.29. The number of hydrogen-bond donors (Lipinski definition) is 1. The van der Waals surface area contributed by atoms with Gasteiger partial charge in [0.2, 0.25) is 0 Å². The van der Waals surface area contributed by atoms with Gasteiger partial charge in [-0.2, -0.15) is 15.1 Å². The van der Waals surface area contributed by atoms with Gasteiger partial charge in [-0.25, -0.2) is 0 Å². The minimum atomic E-state index is 0.399. The second-order valence-electron chi connectivity index (χ2n) is 9.82. The number of fused-ring (bicyclic) bond motifs is 1. The van der Waals surface area contributed by atoms with Gasteiger partial charge in [-0.1, -0.05) is 39.3 Å². The van der Waals surface area contributed by atoms with Crippen molar-refractivity contribution in [2.24, 2.45) is 5.10 Å². The number of benzene rings is 1. The van der Waals surface area contributed by atoms with E-state index in [4.69, 9.17) is 19.6 Å². The third-order valence-corrected chi connectivity index (χ3v) is 6.82. The first-order chi connectivity index (χ1) is 18.6. The Kier molecular flexibility index (Phi) is 12.3. The third kappa shape index (κ3) is 8.40. The van der Waals surface area contributed by atoms with Crippen molar-refractivity contribution in [3.05, 3.63) is 40.5 Å². The third-order valence-electron chi connectivity index (χ3n) is 6.82. The van der Waals surface area contributed by atoms with Gasteiger partial charge >= 0.3 is 6.01 Å². The predicted octanol–water partition coefficient (Wildman–Crippen LogP) is 5.61. The molecule has 8 heteroatoms. The maximum atomic E-state index is 6.06. The summed E-state index contributed by atoms with van der Waals surface area (Å²) in [6.45, 7) is 19.5. The molecule has 0 saturated carbocycles. The Morgan fingerprint density at radius 3 is 2.47 bits per heavy atom. The van der Waals surface area contributed by atoms with Gasteiger partial charge in [0.1, 0.15) is 12.4 Å². The standard InChI is InChI=1S/C28H42N6O2.C2H6/c1-5-10-34(11-6-2)27-20-26(29-28(30-27)36-17-14-33-12-15-35-16-13-33)32-31-25-9-7-8-23-22(4)18-21(3)19-24(23)25;1-2/h18-20H,5-17H2,1-4H3,(H,29,30,32);1-2H3/b31-25+;. The summed E-state index contributed by atoms with van der Waals surface area (Å²) in [6, 6.07) is 6.92. The Balaban J connectivity index is 0.00000195. The van der Waals surface area contributed by atoms with Crippen LogP contribution in [-0.4, -0.2) is 73.1 Å². The summed E-state index contributed by atoms with van der Waals surface area (Å²) in [5.74, 6) is 1.55. The van der Waals surface area contributed by atoms with Gasteiger partial charge in [0, 0.05) is 44.4 Å². The number of hydrazone groups is 1. The Labute approximate surface area is 229 Å². The Hall–Kier alpha value is -2.71. The summed E-state index contributed by atoms with van der Waals surface area (Å²) >= 11 is 0. The van der Waals surface area contributed by atoms with Gasteiger partial charge in [-0.15, -0.1) is 0 Å². The molecule has 0 bridgehead atoms. The second-order valence-corrected chi connectivity index (χ2v) is 9.82. The van der Waals surface area contributed by atoms with Crippen molar-refractivity contribution in [2.45, 2.75) is 73.6 Å². The Bertz CT molecular complexity index is 1030. The molecule has 0 spiro atoms. The number of rotatable bonds is 11. The summed E-state index contributed by atoms with van der Waals surface area (Å²) < 4.78 is 11.5. The minimum absolute atomic E-state index is 0.399. The average molecular weight is 525 g/mol. The van der Waals surface area contributed by atoms with Crippen LogP contribution in [0.2, 0.25) is 0 Å². The van der Waals surface area contributed by atoms with Crippen molar-refractivity contribution in [3.8, 4) is 6.01 Å². The van der Waals surface area contributed by atoms with Crippen LogP contribution < -0.4 is 15.1 Å². The van der Waals surface area contributed by atoms with Crippen molar-refractivity contribution in [1.29, 1.82) is 0 Å². The van der Waals surface area contributed by atoms with E-state index in [2.05, 4.69) is 60.0 Å². The van der Waals surface area contributed by atoms with Crippen LogP contribution in [0.25, 0.3) is 0 Å². The van der Waals surface area contributed by atoms with Crippen LogP contribution in [0.5, 0.6) is 6.01 Å². The molecule has 210 valence electrons. The van der Waals surface area contributed by atoms with Crippen LogP contribution in [0.15, 0.2) is 23.3 Å². The molecule has 0 amide bonds. The number of aryl methyl sites for hydroxylation is 2. The highest BCUT2D eigenvalue weighted by molar-refractivity contribution is 6.03. The van der Waals surface area contributed by atoms with Crippen molar-refractivity contribution in [1.82, 2.24) is 14.9 Å². The van der Waals surface area contributed by atoms with Crippen LogP contribution in [0.1, 0.15) is 75.6 Å². The molecule has 38 heavy (non-hydrogen) atoms. The minimum Gasteiger partial charge on any atom is -0.462 e. The molecule has 0 unspecified atom stereocenters. The first-order valence-corrected chi connectivity index (χ1v) is 14.6. The number of morpholine rings is 1. The van der Waals surface area contributed by atoms with Crippen molar-refractivity contribution >= 4 is 17.3 Å². The Morgan fingerprint density at radius 1 is 1.03 bits per heavy atom. The molecule has 0 radical (unpaired) electrons. The smallest absolute Gasteiger partial charge is 0.320 e. The molecule has 2 aliphatic rings. The SMILES string of the molecule is CC.CCCN(CCC)c1cc(N/N=C2\CCCc3c(C)cc(C)cc32)nc(OCCN2CCOCC2)n1. The second kappa shape index (κ2) is 15.6. The zero-order valence-electron chi connectivity index (χ0n) is 24.5. The fraction of sp³-hybridized carbons (Fsp3) is 0.633. The number of aromatic nitrogens is 2. The van der Waals surface area contributed by atoms with E-state index in [1.54, 1.807) is 0 Å². The normalized spacial score (nSPS) is 16.4. The number of nitrogens with one attached hydrogen (secondary N) is 1. The van der Waals surface area contributed by atoms with Gasteiger partial charge < -0.3 is 14.4 Å². The molecule has 1 aromatic heterocycles. The topological polar surface area (TPSA) is 75.1 Å². The van der Waals surface area contributed by atoms with Gasteiger partial charge in [0.05, 0.1) is 18.9 Å². The molecule has 8 nitrogen and oxygen atoms in total. The van der Waals surface area contributed by atoms with Crippen LogP contribution in [0, 0.1) is 13.8 Å². The van der Waals surface area contributed by atoms with Gasteiger partial charge in [0.25, 0.3) is 0 Å². The van der Waals surface area contributed by atoms with Gasteiger partial charge in [-0.3, -0.25) is 10.3 Å². The lowest BCUT2D eigenvalue weighted by molar-refractivity contribution is 0.0317. The zero-order valence-corrected chi connectivity index (χ0v) is 24.5. The maximum Gasteiger partial charge on any atom is 0.320 e. The molecular weight excluding hydrogens is 476 g/mol. The summed E-state index contributed by atoms with van der Waals surface area (Å²) in [5, 5.41) is 4.84. The molecule has 1 aromatic carbocycles. The fourth-order valence-corrected chi connectivity index (χ4v) is 5.06. The predicted molar refractivity (Wildman–Crippen MR) is 158 cm³/mol. The molecule has 1 aliphatic carbocycles. The van der Waals surface area contributed by atoms with E-state index in [0.717, 1.165) is 89.6 Å². The number of nitrogens with zero attached hydrogens (tertiary/aromatic N) is 5. The van der Waals surface area contributed by atoms with Crippen molar-refractivity contribution in [2.75, 3.05) is 62.9 Å². The number of hydrogen-bond acceptors (Lipinski definition) is 8. The molecule has 2 heterocycles. The molecule has 1 aliphatic heterocycles. The summed E-state index contributed by atoms with van der Waals surface area (Å²) in [7, 11) is 0. The highest BCUT2D eigenvalue weighted by Gasteiger charge is 2.19. The van der Waals surface area contributed by atoms with E-state index in [1.165, 1.54) is 22.3 Å². The van der Waals surface area contributed by atoms with Crippen LogP contribution >= 0.6 is 0 Å². The van der Waals surface area contributed by atoms with Gasteiger partial charge in [0.15, 0.2) is 5.82 Å². The first-order valence-electron chi connectivity index (χ1n) is 14.6. The van der Waals surface area contributed by atoms with E-state index < -0.39 is 0 Å². The van der Waals surface area contributed by atoms with Crippen LogP contribution in [-0.2, 0) is 11.2 Å². The molecule has 1 fully saturated rings. The molecule has 2 aromatic rings. The van der Waals surface area contributed by atoms with E-state index in [1.807, 2.05) is 19.9 Å². The summed E-state index contributed by atoms with van der Waals surface area (Å²) in [4.78, 5) is 14.1. The number of ether oxygens (including phenoxy) is 2. The lowest BCUT2D eigenvalue weighted by Gasteiger charge is -2.26. The molecule has 1 N–H and O–H groups in total. The van der Waals surface area contributed by atoms with Crippen molar-refractivity contribution < 1.29 is 9.47 Å². The highest BCUT2D eigenvalue weighted by atomic mass is 16.5. The average Bonchev–Trinajstić information content (AvgIpc) is 2.93. The number of anilines is 2. The van der Waals surface area contributed by atoms with E-state index >= 15 is 0 Å². The van der Waals surface area contributed by atoms with Crippen LogP contribution in [0.4, 0.5) is 11.6 Å². The first kappa shape index (κ1) is 29.8. The molecule has 4 rings (SSSR count). The Morgan fingerprint density at radius 2 is 1.76 bits per heavy atom. The molecular formula is C30H48N6O2. The summed E-state index contributed by atoms with van der Waals surface area (Å²) in [5.41, 5.74) is 9.66. The fourth-order valence-electron chi connectivity index (χ4n) is 5.06. The molecule has 0 atom stereocenters. The monoisotopic (exact) mass is 524 g/mol. The lowest BCUT2D eigenvalue weighted by Crippen LogP contribution is -2.38. The van der Waals surface area contributed by atoms with E-state index in [9.17, 15) is 0 Å². The zero-order chi connectivity index (χ0) is 27.3. The lowest BCUT2D eigenvalue weighted by atomic mass is 9.86. The van der Waals surface area contributed by atoms with Gasteiger partial charge in [-0.05, 0) is 63.1 Å².